The zero-order chi connectivity index (χ0) is 15.2. The maximum absolute atomic E-state index is 3.32. The fourth-order valence-electron chi connectivity index (χ4n) is 2.29. The van der Waals surface area contributed by atoms with Crippen molar-refractivity contribution >= 4 is 0 Å². The van der Waals surface area contributed by atoms with Crippen LogP contribution in [0, 0.1) is 23.0 Å². The van der Waals surface area contributed by atoms with Gasteiger partial charge in [-0.1, -0.05) is 54.4 Å². The summed E-state index contributed by atoms with van der Waals surface area (Å²) < 4.78 is 0. The summed E-state index contributed by atoms with van der Waals surface area (Å²) in [5, 5.41) is 0. The molecule has 3 heteroatoms. The molecule has 0 nitrogen and oxygen atoms in total. The van der Waals surface area contributed by atoms with Gasteiger partial charge in [-0.15, -0.1) is 12.8 Å². The first-order valence-corrected chi connectivity index (χ1v) is 7.68. The van der Waals surface area contributed by atoms with Crippen LogP contribution in [0.5, 0.6) is 0 Å². The Kier molecular flexibility index (Phi) is 14.3. The van der Waals surface area contributed by atoms with Crippen LogP contribution in [-0.4, -0.2) is 0 Å². The van der Waals surface area contributed by atoms with Crippen molar-refractivity contribution in [2.75, 3.05) is 0 Å². The molecule has 0 spiro atoms. The maximum Gasteiger partial charge on any atom is 2.00 e. The van der Waals surface area contributed by atoms with Crippen LogP contribution in [0.4, 0.5) is 9.41 Å². The van der Waals surface area contributed by atoms with Crippen molar-refractivity contribution in [2.24, 2.45) is 10.8 Å². The minimum Gasteiger partial charge on any atom is -0.269 e. The molecule has 0 fully saturated rings. The first kappa shape index (κ1) is 27.4. The first-order valence-electron chi connectivity index (χ1n) is 7.68. The van der Waals surface area contributed by atoms with Crippen LogP contribution < -0.4 is 0 Å². The van der Waals surface area contributed by atoms with Gasteiger partial charge in [0.05, 0.1) is 0 Å². The van der Waals surface area contributed by atoms with Crippen molar-refractivity contribution in [3.63, 3.8) is 0 Å². The second-order valence-electron chi connectivity index (χ2n) is 8.09. The summed E-state index contributed by atoms with van der Waals surface area (Å²) in [5.41, 5.74) is 3.59. The van der Waals surface area contributed by atoms with Crippen LogP contribution in [0.2, 0.25) is 0 Å². The summed E-state index contributed by atoms with van der Waals surface area (Å²) in [6.07, 6.45) is 19.7. The Labute approximate surface area is 156 Å². The topological polar surface area (TPSA) is 0 Å². The Balaban J connectivity index is -0.000000308. The Morgan fingerprint density at radius 1 is 0.739 bits per heavy atom. The van der Waals surface area contributed by atoms with Gasteiger partial charge in [0.2, 0.25) is 0 Å². The molecule has 0 saturated carbocycles. The monoisotopic (exact) mass is 358 g/mol. The molecule has 2 aliphatic rings. The van der Waals surface area contributed by atoms with Gasteiger partial charge in [0.15, 0.2) is 0 Å². The molecule has 2 aliphatic carbocycles. The van der Waals surface area contributed by atoms with Crippen molar-refractivity contribution in [1.29, 1.82) is 0 Å². The minimum atomic E-state index is 0. The second kappa shape index (κ2) is 12.0. The van der Waals surface area contributed by atoms with Crippen LogP contribution in [0.25, 0.3) is 0 Å². The molecule has 0 amide bonds. The third kappa shape index (κ3) is 14.8. The fraction of sp³-hybridized carbons (Fsp3) is 0.600. The van der Waals surface area contributed by atoms with E-state index in [0.717, 1.165) is 25.7 Å². The molecule has 0 aromatic heterocycles. The third-order valence-corrected chi connectivity index (χ3v) is 2.97. The molecular formula is C20H32F2Ti. The molecule has 0 radical (unpaired) electrons. The Bertz CT molecular complexity index is 388. The standard InChI is InChI=1S/2C10H15.2FH.Ti/c2*1-10(2,3)8-9-6-4-5-7-9;;;/h2*4,6H,5,8H2,1-3H3;2*1H;/q2*-1;;;+2. The molecule has 0 unspecified atom stereocenters. The SMILES string of the molecule is CC(C)(C)CC1=[C-]CC=C1.CC(C)(C)CC1=[C-]CC=C1.F.F.[Ti+2]. The Morgan fingerprint density at radius 3 is 1.22 bits per heavy atom. The van der Waals surface area contributed by atoms with Crippen molar-refractivity contribution < 1.29 is 31.1 Å². The maximum atomic E-state index is 3.32. The molecule has 0 saturated heterocycles. The van der Waals surface area contributed by atoms with Gasteiger partial charge in [-0.3, -0.25) is 21.6 Å². The van der Waals surface area contributed by atoms with E-state index < -0.39 is 0 Å². The van der Waals surface area contributed by atoms with E-state index in [2.05, 4.69) is 78.0 Å². The predicted molar refractivity (Wildman–Crippen MR) is 94.2 cm³/mol. The summed E-state index contributed by atoms with van der Waals surface area (Å²) in [6.45, 7) is 13.5. The minimum absolute atomic E-state index is 0. The third-order valence-electron chi connectivity index (χ3n) is 2.97. The van der Waals surface area contributed by atoms with E-state index in [1.54, 1.807) is 0 Å². The van der Waals surface area contributed by atoms with Gasteiger partial charge in [0, 0.05) is 0 Å². The Hall–Kier alpha value is -0.466. The summed E-state index contributed by atoms with van der Waals surface area (Å²) in [5.74, 6) is 0. The molecule has 0 aromatic rings. The molecule has 0 heterocycles. The van der Waals surface area contributed by atoms with Crippen molar-refractivity contribution in [3.8, 4) is 0 Å². The molecule has 0 N–H and O–H groups in total. The first-order chi connectivity index (χ1) is 9.16. The van der Waals surface area contributed by atoms with Gasteiger partial charge in [-0.05, 0) is 10.8 Å². The molecule has 0 bridgehead atoms. The summed E-state index contributed by atoms with van der Waals surface area (Å²) in [4.78, 5) is 0. The quantitative estimate of drug-likeness (QED) is 0.389. The van der Waals surface area contributed by atoms with Crippen LogP contribution >= 0.6 is 0 Å². The van der Waals surface area contributed by atoms with Crippen LogP contribution in [0.15, 0.2) is 35.5 Å². The van der Waals surface area contributed by atoms with Crippen molar-refractivity contribution in [1.82, 2.24) is 0 Å². The molecule has 2 rings (SSSR count). The molecular weight excluding hydrogens is 326 g/mol. The number of allylic oxidation sites excluding steroid dienone is 8. The number of hydrogen-bond acceptors (Lipinski definition) is 0. The summed E-state index contributed by atoms with van der Waals surface area (Å²) in [7, 11) is 0. The van der Waals surface area contributed by atoms with Crippen LogP contribution in [0.3, 0.4) is 0 Å². The largest absolute Gasteiger partial charge is 2.00 e. The number of rotatable bonds is 2. The smallest absolute Gasteiger partial charge is 0.269 e. The van der Waals surface area contributed by atoms with Gasteiger partial charge in [-0.25, -0.2) is 23.3 Å². The molecule has 0 aliphatic heterocycles. The van der Waals surface area contributed by atoms with E-state index >= 15 is 0 Å². The van der Waals surface area contributed by atoms with E-state index in [1.807, 2.05) is 0 Å². The summed E-state index contributed by atoms with van der Waals surface area (Å²) >= 11 is 0. The summed E-state index contributed by atoms with van der Waals surface area (Å²) in [6, 6.07) is 0. The second-order valence-corrected chi connectivity index (χ2v) is 8.09. The van der Waals surface area contributed by atoms with E-state index in [-0.39, 0.29) is 31.1 Å². The van der Waals surface area contributed by atoms with Crippen molar-refractivity contribution in [2.45, 2.75) is 67.2 Å². The fourth-order valence-corrected chi connectivity index (χ4v) is 2.29. The van der Waals surface area contributed by atoms with Gasteiger partial charge >= 0.3 is 21.7 Å². The van der Waals surface area contributed by atoms with Gasteiger partial charge in [0.25, 0.3) is 0 Å². The molecule has 23 heavy (non-hydrogen) atoms. The number of halogens is 2. The average molecular weight is 358 g/mol. The van der Waals surface area contributed by atoms with Gasteiger partial charge in [-0.2, -0.15) is 12.2 Å². The Morgan fingerprint density at radius 2 is 1.04 bits per heavy atom. The zero-order valence-electron chi connectivity index (χ0n) is 15.5. The zero-order valence-corrected chi connectivity index (χ0v) is 17.0. The van der Waals surface area contributed by atoms with Crippen molar-refractivity contribution in [3.05, 3.63) is 47.6 Å². The van der Waals surface area contributed by atoms with Gasteiger partial charge < -0.3 is 0 Å². The van der Waals surface area contributed by atoms with E-state index in [9.17, 15) is 0 Å². The van der Waals surface area contributed by atoms with E-state index in [4.69, 9.17) is 0 Å². The number of hydrogen-bond donors (Lipinski definition) is 0. The normalized spacial score (nSPS) is 15.4. The van der Waals surface area contributed by atoms with Crippen LogP contribution in [-0.2, 0) is 21.7 Å². The van der Waals surface area contributed by atoms with Gasteiger partial charge in [0.1, 0.15) is 0 Å². The molecule has 0 atom stereocenters. The predicted octanol–water partition coefficient (Wildman–Crippen LogP) is 6.53. The van der Waals surface area contributed by atoms with Crippen LogP contribution in [0.1, 0.15) is 67.2 Å². The van der Waals surface area contributed by atoms with E-state index in [1.165, 1.54) is 11.1 Å². The molecule has 0 aromatic carbocycles. The molecule has 130 valence electrons. The van der Waals surface area contributed by atoms with E-state index in [0.29, 0.717) is 10.8 Å². The average Bonchev–Trinajstić information content (AvgIpc) is 2.87.